The van der Waals surface area contributed by atoms with Crippen molar-refractivity contribution >= 4 is 0 Å². The maximum atomic E-state index is 5.87. The van der Waals surface area contributed by atoms with E-state index in [1.807, 2.05) is 12.1 Å². The number of aryl methyl sites for hydroxylation is 2. The fourth-order valence-corrected chi connectivity index (χ4v) is 1.90. The first-order valence-corrected chi connectivity index (χ1v) is 6.06. The number of hydrogen-bond donors (Lipinski definition) is 0. The summed E-state index contributed by atoms with van der Waals surface area (Å²) in [5.41, 5.74) is 3.76. The lowest BCUT2D eigenvalue weighted by Gasteiger charge is -2.10. The van der Waals surface area contributed by atoms with Crippen molar-refractivity contribution in [1.82, 2.24) is 0 Å². The van der Waals surface area contributed by atoms with Gasteiger partial charge in [-0.15, -0.1) is 0 Å². The molecule has 0 saturated carbocycles. The van der Waals surface area contributed by atoms with Crippen molar-refractivity contribution in [1.29, 1.82) is 0 Å². The van der Waals surface area contributed by atoms with Crippen LogP contribution in [0.25, 0.3) is 0 Å². The van der Waals surface area contributed by atoms with Gasteiger partial charge in [-0.1, -0.05) is 55.0 Å². The molecule has 0 amide bonds. The highest BCUT2D eigenvalue weighted by atomic mass is 16.5. The lowest BCUT2D eigenvalue weighted by Crippen LogP contribution is -1.98. The summed E-state index contributed by atoms with van der Waals surface area (Å²) >= 11 is 0. The van der Waals surface area contributed by atoms with E-state index < -0.39 is 0 Å². The number of rotatable bonds is 4. The molecule has 0 aromatic heterocycles. The van der Waals surface area contributed by atoms with Gasteiger partial charge in [-0.25, -0.2) is 0 Å². The summed E-state index contributed by atoms with van der Waals surface area (Å²) in [5.74, 6) is 0.997. The maximum absolute atomic E-state index is 5.87. The predicted octanol–water partition coefficient (Wildman–Crippen LogP) is 4.14. The molecule has 2 aromatic rings. The smallest absolute Gasteiger partial charge is 0.122 e. The third-order valence-electron chi connectivity index (χ3n) is 2.83. The zero-order valence-electron chi connectivity index (χ0n) is 10.4. The van der Waals surface area contributed by atoms with Crippen molar-refractivity contribution in [2.45, 2.75) is 26.9 Å². The predicted molar refractivity (Wildman–Crippen MR) is 71.3 cm³/mol. The lowest BCUT2D eigenvalue weighted by atomic mass is 10.1. The molecule has 88 valence electrons. The molecule has 0 spiro atoms. The molecule has 0 bridgehead atoms. The lowest BCUT2D eigenvalue weighted by molar-refractivity contribution is 0.303. The topological polar surface area (TPSA) is 9.23 Å². The Labute approximate surface area is 103 Å². The Morgan fingerprint density at radius 1 is 1.00 bits per heavy atom. The second kappa shape index (κ2) is 5.53. The monoisotopic (exact) mass is 226 g/mol. The van der Waals surface area contributed by atoms with Crippen molar-refractivity contribution in [3.63, 3.8) is 0 Å². The standard InChI is InChI=1S/C16H18O/c1-3-15-9-4-5-10-16(15)17-12-14-8-6-7-13(2)11-14/h4-11H,3,12H2,1-2H3. The highest BCUT2D eigenvalue weighted by Gasteiger charge is 2.01. The fraction of sp³-hybridized carbons (Fsp3) is 0.250. The van der Waals surface area contributed by atoms with Crippen LogP contribution in [0.3, 0.4) is 0 Å². The second-order valence-electron chi connectivity index (χ2n) is 4.24. The molecule has 0 aliphatic carbocycles. The molecule has 0 fully saturated rings. The highest BCUT2D eigenvalue weighted by Crippen LogP contribution is 2.19. The van der Waals surface area contributed by atoms with E-state index in [0.717, 1.165) is 12.2 Å². The van der Waals surface area contributed by atoms with Gasteiger partial charge in [0.2, 0.25) is 0 Å². The number of hydrogen-bond acceptors (Lipinski definition) is 1. The first-order chi connectivity index (χ1) is 8.29. The van der Waals surface area contributed by atoms with Gasteiger partial charge in [0.15, 0.2) is 0 Å². The van der Waals surface area contributed by atoms with E-state index in [4.69, 9.17) is 4.74 Å². The Bertz CT molecular complexity index is 488. The molecule has 0 atom stereocenters. The molecule has 0 N–H and O–H groups in total. The zero-order valence-corrected chi connectivity index (χ0v) is 10.4. The van der Waals surface area contributed by atoms with Crippen LogP contribution in [0.5, 0.6) is 5.75 Å². The van der Waals surface area contributed by atoms with Crippen LogP contribution in [-0.2, 0) is 13.0 Å². The molecule has 2 aromatic carbocycles. The van der Waals surface area contributed by atoms with Crippen LogP contribution in [0, 0.1) is 6.92 Å². The minimum atomic E-state index is 0.638. The molecule has 1 nitrogen and oxygen atoms in total. The van der Waals surface area contributed by atoms with Crippen LogP contribution < -0.4 is 4.74 Å². The van der Waals surface area contributed by atoms with Crippen LogP contribution in [0.15, 0.2) is 48.5 Å². The Balaban J connectivity index is 2.07. The Morgan fingerprint density at radius 3 is 2.59 bits per heavy atom. The van der Waals surface area contributed by atoms with E-state index in [1.54, 1.807) is 0 Å². The maximum Gasteiger partial charge on any atom is 0.122 e. The molecule has 0 aliphatic rings. The number of ether oxygens (including phenoxy) is 1. The van der Waals surface area contributed by atoms with Gasteiger partial charge in [-0.2, -0.15) is 0 Å². The van der Waals surface area contributed by atoms with Gasteiger partial charge in [0.25, 0.3) is 0 Å². The highest BCUT2D eigenvalue weighted by molar-refractivity contribution is 5.33. The summed E-state index contributed by atoms with van der Waals surface area (Å²) in [6.07, 6.45) is 1.00. The molecular formula is C16H18O. The van der Waals surface area contributed by atoms with Crippen LogP contribution in [0.1, 0.15) is 23.6 Å². The fourth-order valence-electron chi connectivity index (χ4n) is 1.90. The summed E-state index contributed by atoms with van der Waals surface area (Å²) in [5, 5.41) is 0. The quantitative estimate of drug-likeness (QED) is 0.761. The summed E-state index contributed by atoms with van der Waals surface area (Å²) < 4.78 is 5.87. The van der Waals surface area contributed by atoms with Gasteiger partial charge in [-0.3, -0.25) is 0 Å². The van der Waals surface area contributed by atoms with Crippen LogP contribution in [0.4, 0.5) is 0 Å². The molecule has 0 radical (unpaired) electrons. The Morgan fingerprint density at radius 2 is 1.82 bits per heavy atom. The van der Waals surface area contributed by atoms with Gasteiger partial charge < -0.3 is 4.74 Å². The third-order valence-corrected chi connectivity index (χ3v) is 2.83. The van der Waals surface area contributed by atoms with Crippen LogP contribution in [0.2, 0.25) is 0 Å². The van der Waals surface area contributed by atoms with Crippen molar-refractivity contribution in [2.24, 2.45) is 0 Å². The second-order valence-corrected chi connectivity index (χ2v) is 4.24. The van der Waals surface area contributed by atoms with E-state index in [1.165, 1.54) is 16.7 Å². The van der Waals surface area contributed by atoms with Gasteiger partial charge in [0.05, 0.1) is 0 Å². The summed E-state index contributed by atoms with van der Waals surface area (Å²) in [7, 11) is 0. The normalized spacial score (nSPS) is 10.2. The molecule has 1 heteroatoms. The Hall–Kier alpha value is -1.76. The largest absolute Gasteiger partial charge is 0.489 e. The SMILES string of the molecule is CCc1ccccc1OCc1cccc(C)c1. The minimum Gasteiger partial charge on any atom is -0.489 e. The van der Waals surface area contributed by atoms with E-state index in [-0.39, 0.29) is 0 Å². The van der Waals surface area contributed by atoms with E-state index in [2.05, 4.69) is 50.2 Å². The Kier molecular flexibility index (Phi) is 3.81. The number of benzene rings is 2. The number of para-hydroxylation sites is 1. The summed E-state index contributed by atoms with van der Waals surface area (Å²) in [6.45, 7) is 4.89. The van der Waals surface area contributed by atoms with Crippen LogP contribution >= 0.6 is 0 Å². The zero-order chi connectivity index (χ0) is 12.1. The first kappa shape index (κ1) is 11.7. The molecule has 0 heterocycles. The van der Waals surface area contributed by atoms with Gasteiger partial charge in [0.1, 0.15) is 12.4 Å². The van der Waals surface area contributed by atoms with Crippen molar-refractivity contribution in [3.05, 3.63) is 65.2 Å². The van der Waals surface area contributed by atoms with Crippen molar-refractivity contribution in [3.8, 4) is 5.75 Å². The molecule has 17 heavy (non-hydrogen) atoms. The van der Waals surface area contributed by atoms with Gasteiger partial charge in [0, 0.05) is 0 Å². The summed E-state index contributed by atoms with van der Waals surface area (Å²) in [6, 6.07) is 16.7. The molecule has 0 aliphatic heterocycles. The third kappa shape index (κ3) is 3.10. The summed E-state index contributed by atoms with van der Waals surface area (Å²) in [4.78, 5) is 0. The average Bonchev–Trinajstić information content (AvgIpc) is 2.37. The van der Waals surface area contributed by atoms with Gasteiger partial charge in [-0.05, 0) is 30.5 Å². The molecule has 0 unspecified atom stereocenters. The van der Waals surface area contributed by atoms with E-state index in [0.29, 0.717) is 6.61 Å². The molecule has 2 rings (SSSR count). The van der Waals surface area contributed by atoms with E-state index in [9.17, 15) is 0 Å². The molecule has 0 saturated heterocycles. The average molecular weight is 226 g/mol. The van der Waals surface area contributed by atoms with Crippen LogP contribution in [-0.4, -0.2) is 0 Å². The van der Waals surface area contributed by atoms with E-state index >= 15 is 0 Å². The minimum absolute atomic E-state index is 0.638. The van der Waals surface area contributed by atoms with Crippen molar-refractivity contribution < 1.29 is 4.74 Å². The first-order valence-electron chi connectivity index (χ1n) is 6.06. The molecular weight excluding hydrogens is 208 g/mol. The van der Waals surface area contributed by atoms with Gasteiger partial charge >= 0.3 is 0 Å². The van der Waals surface area contributed by atoms with Crippen molar-refractivity contribution in [2.75, 3.05) is 0 Å².